The van der Waals surface area contributed by atoms with Crippen molar-refractivity contribution in [1.82, 2.24) is 10.6 Å². The highest BCUT2D eigenvalue weighted by Gasteiger charge is 2.31. The van der Waals surface area contributed by atoms with Crippen molar-refractivity contribution in [3.05, 3.63) is 35.9 Å². The molecule has 1 fully saturated rings. The molecule has 3 N–H and O–H groups in total. The molecule has 0 radical (unpaired) electrons. The summed E-state index contributed by atoms with van der Waals surface area (Å²) in [6.45, 7) is 4.53. The molecule has 3 atom stereocenters. The van der Waals surface area contributed by atoms with Crippen LogP contribution in [0.2, 0.25) is 0 Å². The largest absolute Gasteiger partial charge is 0.445 e. The first kappa shape index (κ1) is 19.2. The number of alkyl carbamates (subject to hydrolysis) is 1. The molecule has 2 rings (SSSR count). The summed E-state index contributed by atoms with van der Waals surface area (Å²) in [6, 6.07) is 8.13. The summed E-state index contributed by atoms with van der Waals surface area (Å²) in [5.41, 5.74) is 0.869. The molecule has 1 saturated heterocycles. The Hall–Kier alpha value is -2.12. The molecule has 0 spiro atoms. The van der Waals surface area contributed by atoms with Gasteiger partial charge in [-0.2, -0.15) is 0 Å². The lowest BCUT2D eigenvalue weighted by molar-refractivity contribution is -0.124. The molecule has 1 aromatic rings. The summed E-state index contributed by atoms with van der Waals surface area (Å²) in [7, 11) is 0. The van der Waals surface area contributed by atoms with E-state index in [1.165, 1.54) is 0 Å². The lowest BCUT2D eigenvalue weighted by atomic mass is 10.0. The number of hydrogen-bond acceptors (Lipinski definition) is 5. The average molecular weight is 350 g/mol. The van der Waals surface area contributed by atoms with E-state index in [1.54, 1.807) is 0 Å². The maximum Gasteiger partial charge on any atom is 0.408 e. The van der Waals surface area contributed by atoms with Gasteiger partial charge >= 0.3 is 6.09 Å². The highest BCUT2D eigenvalue weighted by Crippen LogP contribution is 2.09. The van der Waals surface area contributed by atoms with Crippen LogP contribution in [0, 0.1) is 5.92 Å². The minimum atomic E-state index is -0.728. The number of aliphatic hydroxyl groups is 1. The fourth-order valence-corrected chi connectivity index (χ4v) is 2.57. The summed E-state index contributed by atoms with van der Waals surface area (Å²) in [4.78, 5) is 24.5. The molecule has 1 heterocycles. The lowest BCUT2D eigenvalue weighted by Crippen LogP contribution is -2.52. The van der Waals surface area contributed by atoms with E-state index < -0.39 is 24.3 Å². The maximum absolute atomic E-state index is 12.4. The second-order valence-electron chi connectivity index (χ2n) is 6.61. The van der Waals surface area contributed by atoms with Crippen LogP contribution in [0.4, 0.5) is 4.79 Å². The molecule has 1 aliphatic rings. The van der Waals surface area contributed by atoms with Crippen molar-refractivity contribution in [2.75, 3.05) is 13.2 Å². The predicted octanol–water partition coefficient (Wildman–Crippen LogP) is 1.20. The van der Waals surface area contributed by atoms with Gasteiger partial charge in [0, 0.05) is 0 Å². The van der Waals surface area contributed by atoms with E-state index in [0.29, 0.717) is 6.42 Å². The Balaban J connectivity index is 1.87. The van der Waals surface area contributed by atoms with Crippen molar-refractivity contribution in [2.45, 2.75) is 45.1 Å². The topological polar surface area (TPSA) is 96.9 Å². The fraction of sp³-hybridized carbons (Fsp3) is 0.556. The SMILES string of the molecule is CC(C)C[C@H](NC(=O)OCc1ccccc1)C(=O)NC1COCC1O. The first-order chi connectivity index (χ1) is 12.0. The normalized spacial score (nSPS) is 21.0. The van der Waals surface area contributed by atoms with Gasteiger partial charge in [0.1, 0.15) is 12.6 Å². The van der Waals surface area contributed by atoms with Crippen LogP contribution in [0.3, 0.4) is 0 Å². The van der Waals surface area contributed by atoms with Crippen LogP contribution < -0.4 is 10.6 Å². The molecule has 0 bridgehead atoms. The number of amides is 2. The number of rotatable bonds is 7. The maximum atomic E-state index is 12.4. The molecule has 0 saturated carbocycles. The van der Waals surface area contributed by atoms with Gasteiger partial charge in [-0.3, -0.25) is 4.79 Å². The summed E-state index contributed by atoms with van der Waals surface area (Å²) in [5, 5.41) is 15.1. The van der Waals surface area contributed by atoms with E-state index in [9.17, 15) is 14.7 Å². The number of ether oxygens (including phenoxy) is 2. The second kappa shape index (κ2) is 9.39. The van der Waals surface area contributed by atoms with Gasteiger partial charge in [0.15, 0.2) is 0 Å². The standard InChI is InChI=1S/C18H26N2O5/c1-12(2)8-14(17(22)19-15-10-24-11-16(15)21)20-18(23)25-9-13-6-4-3-5-7-13/h3-7,12,14-16,21H,8-11H2,1-2H3,(H,19,22)(H,20,23)/t14-,15?,16?/m0/s1. The van der Waals surface area contributed by atoms with E-state index in [2.05, 4.69) is 10.6 Å². The smallest absolute Gasteiger partial charge is 0.408 e. The van der Waals surface area contributed by atoms with Crippen molar-refractivity contribution in [3.63, 3.8) is 0 Å². The van der Waals surface area contributed by atoms with Crippen LogP contribution in [-0.2, 0) is 20.9 Å². The Morgan fingerprint density at radius 3 is 2.60 bits per heavy atom. The van der Waals surface area contributed by atoms with Gasteiger partial charge in [0.25, 0.3) is 0 Å². The van der Waals surface area contributed by atoms with Crippen LogP contribution in [0.5, 0.6) is 0 Å². The van der Waals surface area contributed by atoms with Crippen molar-refractivity contribution >= 4 is 12.0 Å². The second-order valence-corrected chi connectivity index (χ2v) is 6.61. The van der Waals surface area contributed by atoms with E-state index in [4.69, 9.17) is 9.47 Å². The molecule has 2 unspecified atom stereocenters. The number of carbonyl (C=O) groups excluding carboxylic acids is 2. The lowest BCUT2D eigenvalue weighted by Gasteiger charge is -2.22. The molecule has 0 aliphatic carbocycles. The zero-order valence-corrected chi connectivity index (χ0v) is 14.6. The monoisotopic (exact) mass is 350 g/mol. The van der Waals surface area contributed by atoms with Crippen LogP contribution in [0.15, 0.2) is 30.3 Å². The Bertz CT molecular complexity index is 564. The van der Waals surface area contributed by atoms with Crippen molar-refractivity contribution < 1.29 is 24.2 Å². The van der Waals surface area contributed by atoms with Crippen LogP contribution in [-0.4, -0.2) is 48.5 Å². The van der Waals surface area contributed by atoms with Gasteiger partial charge in [-0.15, -0.1) is 0 Å². The molecular weight excluding hydrogens is 324 g/mol. The van der Waals surface area contributed by atoms with Gasteiger partial charge in [-0.1, -0.05) is 44.2 Å². The molecule has 25 heavy (non-hydrogen) atoms. The minimum absolute atomic E-state index is 0.137. The van der Waals surface area contributed by atoms with Gasteiger partial charge in [-0.05, 0) is 17.9 Å². The third kappa shape index (κ3) is 6.36. The van der Waals surface area contributed by atoms with Crippen LogP contribution >= 0.6 is 0 Å². The molecule has 138 valence electrons. The highest BCUT2D eigenvalue weighted by molar-refractivity contribution is 5.85. The summed E-state index contributed by atoms with van der Waals surface area (Å²) >= 11 is 0. The van der Waals surface area contributed by atoms with Gasteiger partial charge in [0.2, 0.25) is 5.91 Å². The summed E-state index contributed by atoms with van der Waals surface area (Å²) in [6.07, 6.45) is -0.905. The number of benzene rings is 1. The zero-order chi connectivity index (χ0) is 18.2. The Morgan fingerprint density at radius 2 is 2.00 bits per heavy atom. The molecule has 0 aromatic heterocycles. The number of carbonyl (C=O) groups is 2. The molecule has 7 heteroatoms. The van der Waals surface area contributed by atoms with E-state index >= 15 is 0 Å². The molecule has 7 nitrogen and oxygen atoms in total. The Labute approximate surface area is 147 Å². The average Bonchev–Trinajstić information content (AvgIpc) is 2.98. The zero-order valence-electron chi connectivity index (χ0n) is 14.6. The van der Waals surface area contributed by atoms with Gasteiger partial charge < -0.3 is 25.2 Å². The van der Waals surface area contributed by atoms with Crippen LogP contribution in [0.1, 0.15) is 25.8 Å². The van der Waals surface area contributed by atoms with Crippen molar-refractivity contribution in [3.8, 4) is 0 Å². The molecule has 2 amide bonds. The minimum Gasteiger partial charge on any atom is -0.445 e. The Morgan fingerprint density at radius 1 is 1.28 bits per heavy atom. The molecule has 1 aromatic carbocycles. The third-order valence-corrected chi connectivity index (χ3v) is 3.91. The van der Waals surface area contributed by atoms with E-state index in [-0.39, 0.29) is 31.6 Å². The number of aliphatic hydroxyl groups excluding tert-OH is 1. The highest BCUT2D eigenvalue weighted by atomic mass is 16.5. The quantitative estimate of drug-likeness (QED) is 0.687. The molecular formula is C18H26N2O5. The predicted molar refractivity (Wildman–Crippen MR) is 91.8 cm³/mol. The van der Waals surface area contributed by atoms with Crippen molar-refractivity contribution in [1.29, 1.82) is 0 Å². The molecule has 1 aliphatic heterocycles. The fourth-order valence-electron chi connectivity index (χ4n) is 2.57. The number of hydrogen-bond donors (Lipinski definition) is 3. The number of nitrogens with one attached hydrogen (secondary N) is 2. The first-order valence-corrected chi connectivity index (χ1v) is 8.49. The van der Waals surface area contributed by atoms with Crippen molar-refractivity contribution in [2.24, 2.45) is 5.92 Å². The van der Waals surface area contributed by atoms with E-state index in [1.807, 2.05) is 44.2 Å². The van der Waals surface area contributed by atoms with E-state index in [0.717, 1.165) is 5.56 Å². The first-order valence-electron chi connectivity index (χ1n) is 8.49. The third-order valence-electron chi connectivity index (χ3n) is 3.91. The summed E-state index contributed by atoms with van der Waals surface area (Å²) in [5.74, 6) is -0.144. The Kier molecular flexibility index (Phi) is 7.21. The van der Waals surface area contributed by atoms with Gasteiger partial charge in [-0.25, -0.2) is 4.79 Å². The summed E-state index contributed by atoms with van der Waals surface area (Å²) < 4.78 is 10.3. The van der Waals surface area contributed by atoms with Gasteiger partial charge in [0.05, 0.1) is 25.4 Å². The van der Waals surface area contributed by atoms with Crippen LogP contribution in [0.25, 0.3) is 0 Å².